The SMILES string of the molecule is O=C(C[C@@]1(c2cccc(F)c2)CC(=O)N(C2CCCC2)C1=O)N(CCO)Cc1ccccc1. The van der Waals surface area contributed by atoms with Crippen LogP contribution in [0.25, 0.3) is 0 Å². The molecule has 4 rings (SSSR count). The van der Waals surface area contributed by atoms with Gasteiger partial charge in [0.25, 0.3) is 0 Å². The Balaban J connectivity index is 1.67. The van der Waals surface area contributed by atoms with Gasteiger partial charge in [0.05, 0.1) is 12.0 Å². The normalized spacial score (nSPS) is 21.1. The third-order valence-corrected chi connectivity index (χ3v) is 6.81. The Morgan fingerprint density at radius 1 is 1.09 bits per heavy atom. The minimum absolute atomic E-state index is 0.0986. The van der Waals surface area contributed by atoms with Crippen LogP contribution in [-0.2, 0) is 26.3 Å². The lowest BCUT2D eigenvalue weighted by molar-refractivity contribution is -0.145. The van der Waals surface area contributed by atoms with Crippen LogP contribution in [0.3, 0.4) is 0 Å². The molecule has 6 nitrogen and oxygen atoms in total. The maximum atomic E-state index is 14.2. The molecule has 1 N–H and O–H groups in total. The molecule has 2 aromatic carbocycles. The van der Waals surface area contributed by atoms with Gasteiger partial charge in [0, 0.05) is 32.0 Å². The molecule has 7 heteroatoms. The van der Waals surface area contributed by atoms with E-state index < -0.39 is 17.1 Å². The molecule has 174 valence electrons. The summed E-state index contributed by atoms with van der Waals surface area (Å²) in [5.74, 6) is -1.59. The molecule has 2 fully saturated rings. The van der Waals surface area contributed by atoms with Crippen molar-refractivity contribution in [3.8, 4) is 0 Å². The molecule has 1 saturated heterocycles. The summed E-state index contributed by atoms with van der Waals surface area (Å²) in [5, 5.41) is 9.55. The van der Waals surface area contributed by atoms with Gasteiger partial charge in [-0.25, -0.2) is 4.39 Å². The van der Waals surface area contributed by atoms with Gasteiger partial charge in [-0.1, -0.05) is 55.3 Å². The van der Waals surface area contributed by atoms with Crippen LogP contribution < -0.4 is 0 Å². The number of halogens is 1. The number of amides is 3. The number of carbonyl (C=O) groups is 3. The largest absolute Gasteiger partial charge is 0.395 e. The Bertz CT molecular complexity index is 1020. The molecule has 2 aromatic rings. The summed E-state index contributed by atoms with van der Waals surface area (Å²) in [6.07, 6.45) is 3.02. The standard InChI is InChI=1S/C26H29FN2O4/c27-21-10-6-9-20(15-21)26(17-24(32)29(25(26)33)22-11-4-5-12-22)16-23(31)28(13-14-30)18-19-7-2-1-3-8-19/h1-3,6-10,15,22,30H,4-5,11-14,16-18H2/t26-/m0/s1. The van der Waals surface area contributed by atoms with E-state index in [9.17, 15) is 23.9 Å². The maximum absolute atomic E-state index is 14.2. The first-order valence-corrected chi connectivity index (χ1v) is 11.5. The molecule has 0 bridgehead atoms. The van der Waals surface area contributed by atoms with E-state index in [0.717, 1.165) is 31.2 Å². The van der Waals surface area contributed by atoms with Crippen LogP contribution >= 0.6 is 0 Å². The Kier molecular flexibility index (Phi) is 6.88. The summed E-state index contributed by atoms with van der Waals surface area (Å²) in [6.45, 7) is 0.141. The average molecular weight is 453 g/mol. The van der Waals surface area contributed by atoms with Crippen LogP contribution in [0.4, 0.5) is 4.39 Å². The summed E-state index contributed by atoms with van der Waals surface area (Å²) in [4.78, 5) is 43.1. The summed E-state index contributed by atoms with van der Waals surface area (Å²) >= 11 is 0. The molecule has 1 saturated carbocycles. The zero-order valence-electron chi connectivity index (χ0n) is 18.6. The Morgan fingerprint density at radius 2 is 1.82 bits per heavy atom. The molecule has 33 heavy (non-hydrogen) atoms. The first kappa shape index (κ1) is 23.1. The van der Waals surface area contributed by atoms with Gasteiger partial charge in [0.2, 0.25) is 17.7 Å². The van der Waals surface area contributed by atoms with Crippen molar-refractivity contribution >= 4 is 17.7 Å². The van der Waals surface area contributed by atoms with E-state index in [-0.39, 0.29) is 50.4 Å². The van der Waals surface area contributed by atoms with Gasteiger partial charge < -0.3 is 10.0 Å². The second kappa shape index (κ2) is 9.83. The summed E-state index contributed by atoms with van der Waals surface area (Å²) in [5.41, 5.74) is -0.206. The zero-order valence-corrected chi connectivity index (χ0v) is 18.6. The monoisotopic (exact) mass is 452 g/mol. The van der Waals surface area contributed by atoms with Crippen molar-refractivity contribution < 1.29 is 23.9 Å². The number of aliphatic hydroxyl groups is 1. The van der Waals surface area contributed by atoms with Crippen molar-refractivity contribution in [2.75, 3.05) is 13.2 Å². The van der Waals surface area contributed by atoms with Gasteiger partial charge in [-0.3, -0.25) is 19.3 Å². The highest BCUT2D eigenvalue weighted by molar-refractivity contribution is 6.11. The van der Waals surface area contributed by atoms with Gasteiger partial charge in [0.15, 0.2) is 0 Å². The Morgan fingerprint density at radius 3 is 2.48 bits per heavy atom. The molecule has 1 aliphatic heterocycles. The lowest BCUT2D eigenvalue weighted by Gasteiger charge is -2.31. The number of likely N-dealkylation sites (tertiary alicyclic amines) is 1. The van der Waals surface area contributed by atoms with Gasteiger partial charge in [-0.05, 0) is 36.1 Å². The molecule has 0 spiro atoms. The van der Waals surface area contributed by atoms with Gasteiger partial charge >= 0.3 is 0 Å². The summed E-state index contributed by atoms with van der Waals surface area (Å²) in [6, 6.07) is 14.9. The van der Waals surface area contributed by atoms with E-state index in [4.69, 9.17) is 0 Å². The van der Waals surface area contributed by atoms with Gasteiger partial charge in [0.1, 0.15) is 5.82 Å². The van der Waals surface area contributed by atoms with E-state index in [1.54, 1.807) is 6.07 Å². The Labute approximate surface area is 193 Å². The second-order valence-corrected chi connectivity index (χ2v) is 8.98. The topological polar surface area (TPSA) is 77.9 Å². The van der Waals surface area contributed by atoms with Crippen LogP contribution in [0, 0.1) is 5.82 Å². The van der Waals surface area contributed by atoms with Gasteiger partial charge in [-0.15, -0.1) is 0 Å². The van der Waals surface area contributed by atoms with Crippen LogP contribution in [0.2, 0.25) is 0 Å². The van der Waals surface area contributed by atoms with Crippen molar-refractivity contribution in [3.05, 3.63) is 71.5 Å². The fourth-order valence-electron chi connectivity index (χ4n) is 5.13. The fraction of sp³-hybridized carbons (Fsp3) is 0.423. The predicted octanol–water partition coefficient (Wildman–Crippen LogP) is 3.18. The third kappa shape index (κ3) is 4.69. The first-order valence-electron chi connectivity index (χ1n) is 11.5. The van der Waals surface area contributed by atoms with E-state index in [2.05, 4.69) is 0 Å². The van der Waals surface area contributed by atoms with Crippen molar-refractivity contribution in [1.29, 1.82) is 0 Å². The maximum Gasteiger partial charge on any atom is 0.241 e. The highest BCUT2D eigenvalue weighted by atomic mass is 19.1. The number of nitrogens with zero attached hydrogens (tertiary/aromatic N) is 2. The lowest BCUT2D eigenvalue weighted by Crippen LogP contribution is -2.46. The van der Waals surface area contributed by atoms with E-state index in [1.807, 2.05) is 30.3 Å². The summed E-state index contributed by atoms with van der Waals surface area (Å²) in [7, 11) is 0. The number of aliphatic hydroxyl groups excluding tert-OH is 1. The Hall–Kier alpha value is -3.06. The molecular weight excluding hydrogens is 423 g/mol. The van der Waals surface area contributed by atoms with E-state index in [0.29, 0.717) is 5.56 Å². The van der Waals surface area contributed by atoms with Crippen LogP contribution in [0.1, 0.15) is 49.7 Å². The molecule has 0 aromatic heterocycles. The minimum atomic E-state index is -1.44. The first-order chi connectivity index (χ1) is 15.9. The number of imide groups is 1. The molecule has 0 radical (unpaired) electrons. The van der Waals surface area contributed by atoms with E-state index >= 15 is 0 Å². The number of rotatable bonds is 8. The highest BCUT2D eigenvalue weighted by Gasteiger charge is 2.56. The molecule has 1 heterocycles. The minimum Gasteiger partial charge on any atom is -0.395 e. The van der Waals surface area contributed by atoms with Crippen molar-refractivity contribution in [2.24, 2.45) is 0 Å². The van der Waals surface area contributed by atoms with Crippen molar-refractivity contribution in [2.45, 2.75) is 56.5 Å². The molecule has 0 unspecified atom stereocenters. The number of hydrogen-bond donors (Lipinski definition) is 1. The highest BCUT2D eigenvalue weighted by Crippen LogP contribution is 2.43. The molecular formula is C26H29FN2O4. The second-order valence-electron chi connectivity index (χ2n) is 8.98. The summed E-state index contributed by atoms with van der Waals surface area (Å²) < 4.78 is 14.2. The zero-order chi connectivity index (χ0) is 23.4. The smallest absolute Gasteiger partial charge is 0.241 e. The van der Waals surface area contributed by atoms with Crippen LogP contribution in [-0.4, -0.2) is 51.8 Å². The number of carbonyl (C=O) groups excluding carboxylic acids is 3. The lowest BCUT2D eigenvalue weighted by atomic mass is 9.75. The number of benzene rings is 2. The molecule has 3 amide bonds. The van der Waals surface area contributed by atoms with Crippen LogP contribution in [0.15, 0.2) is 54.6 Å². The third-order valence-electron chi connectivity index (χ3n) is 6.81. The molecule has 1 aliphatic carbocycles. The fourth-order valence-corrected chi connectivity index (χ4v) is 5.13. The molecule has 2 aliphatic rings. The van der Waals surface area contributed by atoms with Gasteiger partial charge in [-0.2, -0.15) is 0 Å². The molecule has 1 atom stereocenters. The van der Waals surface area contributed by atoms with Crippen LogP contribution in [0.5, 0.6) is 0 Å². The quantitative estimate of drug-likeness (QED) is 0.624. The van der Waals surface area contributed by atoms with Crippen molar-refractivity contribution in [3.63, 3.8) is 0 Å². The number of hydrogen-bond acceptors (Lipinski definition) is 4. The predicted molar refractivity (Wildman–Crippen MR) is 120 cm³/mol. The average Bonchev–Trinajstić information content (AvgIpc) is 3.41. The van der Waals surface area contributed by atoms with E-state index in [1.165, 1.54) is 28.0 Å². The van der Waals surface area contributed by atoms with Crippen molar-refractivity contribution in [1.82, 2.24) is 9.80 Å².